The highest BCUT2D eigenvalue weighted by Gasteiger charge is 2.41. The first-order valence-corrected chi connectivity index (χ1v) is 13.0. The molecule has 1 saturated heterocycles. The van der Waals surface area contributed by atoms with Gasteiger partial charge in [-0.05, 0) is 55.4 Å². The summed E-state index contributed by atoms with van der Waals surface area (Å²) in [5.41, 5.74) is 3.19. The van der Waals surface area contributed by atoms with Crippen LogP contribution in [-0.2, 0) is 27.3 Å². The Morgan fingerprint density at radius 2 is 1.63 bits per heavy atom. The smallest absolute Gasteiger partial charge is 0.230 e. The highest BCUT2D eigenvalue weighted by Crippen LogP contribution is 2.37. The van der Waals surface area contributed by atoms with Gasteiger partial charge in [-0.2, -0.15) is 0 Å². The lowest BCUT2D eigenvalue weighted by atomic mass is 9.77. The van der Waals surface area contributed by atoms with E-state index in [0.717, 1.165) is 43.4 Å². The molecular formula is C28H34N4O3. The van der Waals surface area contributed by atoms with Crippen molar-refractivity contribution in [3.05, 3.63) is 59.9 Å². The molecule has 2 atom stereocenters. The molecule has 3 amide bonds. The second-order valence-electron chi connectivity index (χ2n) is 10.0. The molecule has 7 heteroatoms. The fourth-order valence-electron chi connectivity index (χ4n) is 5.92. The number of anilines is 1. The van der Waals surface area contributed by atoms with E-state index in [1.807, 2.05) is 40.1 Å². The molecule has 0 radical (unpaired) electrons. The van der Waals surface area contributed by atoms with Crippen LogP contribution in [0.2, 0.25) is 0 Å². The van der Waals surface area contributed by atoms with Gasteiger partial charge in [0.15, 0.2) is 0 Å². The number of nitrogens with zero attached hydrogens (tertiary/aromatic N) is 3. The largest absolute Gasteiger partial charge is 0.352 e. The first-order valence-electron chi connectivity index (χ1n) is 13.0. The van der Waals surface area contributed by atoms with Crippen molar-refractivity contribution in [1.29, 1.82) is 0 Å². The first kappa shape index (κ1) is 23.5. The van der Waals surface area contributed by atoms with E-state index >= 15 is 0 Å². The minimum atomic E-state index is -0.250. The van der Waals surface area contributed by atoms with Crippen LogP contribution in [0.15, 0.2) is 48.8 Å². The first-order chi connectivity index (χ1) is 17.1. The zero-order valence-corrected chi connectivity index (χ0v) is 20.2. The fraction of sp³-hybridized carbons (Fsp3) is 0.500. The number of hydrogen-bond acceptors (Lipinski definition) is 4. The van der Waals surface area contributed by atoms with Gasteiger partial charge < -0.3 is 15.1 Å². The normalized spacial score (nSPS) is 22.5. The van der Waals surface area contributed by atoms with Crippen LogP contribution in [0.5, 0.6) is 0 Å². The molecule has 1 saturated carbocycles. The molecule has 3 aliphatic rings. The Bertz CT molecular complexity index is 1060. The van der Waals surface area contributed by atoms with E-state index in [2.05, 4.69) is 16.4 Å². The second kappa shape index (κ2) is 10.6. The molecule has 2 aliphatic heterocycles. The number of rotatable bonds is 5. The van der Waals surface area contributed by atoms with Gasteiger partial charge in [0, 0.05) is 56.1 Å². The summed E-state index contributed by atoms with van der Waals surface area (Å²) in [6.45, 7) is 2.33. The van der Waals surface area contributed by atoms with Crippen molar-refractivity contribution in [2.75, 3.05) is 24.5 Å². The van der Waals surface area contributed by atoms with E-state index in [1.54, 1.807) is 12.4 Å². The predicted molar refractivity (Wildman–Crippen MR) is 133 cm³/mol. The van der Waals surface area contributed by atoms with Crippen LogP contribution < -0.4 is 10.2 Å². The summed E-state index contributed by atoms with van der Waals surface area (Å²) < 4.78 is 0. The van der Waals surface area contributed by atoms with Gasteiger partial charge in [0.25, 0.3) is 0 Å². The predicted octanol–water partition coefficient (Wildman–Crippen LogP) is 3.33. The van der Waals surface area contributed by atoms with Gasteiger partial charge in [-0.25, -0.2) is 0 Å². The van der Waals surface area contributed by atoms with Crippen molar-refractivity contribution in [3.8, 4) is 0 Å². The Balaban J connectivity index is 1.17. The molecule has 1 aromatic carbocycles. The third-order valence-electron chi connectivity index (χ3n) is 7.92. The van der Waals surface area contributed by atoms with Gasteiger partial charge in [0.05, 0.1) is 5.92 Å². The van der Waals surface area contributed by atoms with Crippen LogP contribution in [0.3, 0.4) is 0 Å². The summed E-state index contributed by atoms with van der Waals surface area (Å²) in [7, 11) is 0. The topological polar surface area (TPSA) is 82.6 Å². The Labute approximate surface area is 206 Å². The van der Waals surface area contributed by atoms with Gasteiger partial charge in [0.2, 0.25) is 17.7 Å². The van der Waals surface area contributed by atoms with Crippen LogP contribution in [0.25, 0.3) is 0 Å². The van der Waals surface area contributed by atoms with Crippen molar-refractivity contribution in [1.82, 2.24) is 15.2 Å². The molecule has 184 valence electrons. The van der Waals surface area contributed by atoms with Gasteiger partial charge in [0.1, 0.15) is 0 Å². The molecule has 1 aromatic heterocycles. The lowest BCUT2D eigenvalue weighted by Gasteiger charge is -2.38. The molecule has 0 bridgehead atoms. The summed E-state index contributed by atoms with van der Waals surface area (Å²) >= 11 is 0. The summed E-state index contributed by atoms with van der Waals surface area (Å²) in [4.78, 5) is 47.7. The van der Waals surface area contributed by atoms with E-state index in [9.17, 15) is 14.4 Å². The molecule has 35 heavy (non-hydrogen) atoms. The quantitative estimate of drug-likeness (QED) is 0.721. The summed E-state index contributed by atoms with van der Waals surface area (Å²) in [5.74, 6) is -0.328. The molecule has 1 aliphatic carbocycles. The lowest BCUT2D eigenvalue weighted by Crippen LogP contribution is -2.49. The fourth-order valence-corrected chi connectivity index (χ4v) is 5.92. The second-order valence-corrected chi connectivity index (χ2v) is 10.0. The van der Waals surface area contributed by atoms with Crippen LogP contribution in [0, 0.1) is 17.8 Å². The maximum atomic E-state index is 13.6. The monoisotopic (exact) mass is 474 g/mol. The number of carbonyl (C=O) groups is 3. The molecule has 2 fully saturated rings. The van der Waals surface area contributed by atoms with Crippen LogP contribution in [0.1, 0.15) is 49.7 Å². The van der Waals surface area contributed by atoms with Crippen LogP contribution in [-0.4, -0.2) is 47.2 Å². The number of benzene rings is 1. The van der Waals surface area contributed by atoms with Crippen molar-refractivity contribution in [2.24, 2.45) is 17.8 Å². The van der Waals surface area contributed by atoms with Gasteiger partial charge in [-0.1, -0.05) is 37.1 Å². The number of hydrogen-bond donors (Lipinski definition) is 1. The summed E-state index contributed by atoms with van der Waals surface area (Å²) in [6, 6.07) is 11.9. The third kappa shape index (κ3) is 5.09. The Morgan fingerprint density at radius 1 is 0.886 bits per heavy atom. The van der Waals surface area contributed by atoms with Gasteiger partial charge >= 0.3 is 0 Å². The average Bonchev–Trinajstić information content (AvgIpc) is 3.36. The highest BCUT2D eigenvalue weighted by atomic mass is 16.2. The van der Waals surface area contributed by atoms with Crippen molar-refractivity contribution in [3.63, 3.8) is 0 Å². The van der Waals surface area contributed by atoms with Crippen molar-refractivity contribution in [2.45, 2.75) is 51.5 Å². The number of pyridine rings is 1. The van der Waals surface area contributed by atoms with E-state index in [4.69, 9.17) is 0 Å². The maximum Gasteiger partial charge on any atom is 0.230 e. The van der Waals surface area contributed by atoms with Crippen molar-refractivity contribution < 1.29 is 14.4 Å². The lowest BCUT2D eigenvalue weighted by molar-refractivity contribution is -0.145. The highest BCUT2D eigenvalue weighted by molar-refractivity contribution is 5.99. The van der Waals surface area contributed by atoms with Crippen LogP contribution in [0.4, 0.5) is 5.69 Å². The van der Waals surface area contributed by atoms with Crippen molar-refractivity contribution >= 4 is 23.4 Å². The number of amides is 3. The maximum absolute atomic E-state index is 13.6. The average molecular weight is 475 g/mol. The number of nitrogens with one attached hydrogen (secondary N) is 1. The minimum absolute atomic E-state index is 0.0411. The number of fused-ring (bicyclic) bond motifs is 1. The van der Waals surface area contributed by atoms with Gasteiger partial charge in [-0.15, -0.1) is 0 Å². The molecule has 3 heterocycles. The summed E-state index contributed by atoms with van der Waals surface area (Å²) in [6.07, 6.45) is 9.21. The number of piperidine rings is 1. The van der Waals surface area contributed by atoms with Gasteiger partial charge in [-0.3, -0.25) is 19.4 Å². The Kier molecular flexibility index (Phi) is 7.11. The molecular weight excluding hydrogens is 440 g/mol. The number of para-hydroxylation sites is 1. The molecule has 1 N–H and O–H groups in total. The van der Waals surface area contributed by atoms with E-state index in [0.29, 0.717) is 39.0 Å². The SMILES string of the molecule is O=C(NCc1cccnc1)C1CCN(C(=O)C2CCCCC2C(=O)N2CCc3ccccc32)CC1. The molecule has 5 rings (SSSR count). The molecule has 2 aromatic rings. The van der Waals surface area contributed by atoms with Crippen LogP contribution >= 0.6 is 0 Å². The Morgan fingerprint density at radius 3 is 2.37 bits per heavy atom. The minimum Gasteiger partial charge on any atom is -0.352 e. The number of carbonyl (C=O) groups excluding carboxylic acids is 3. The summed E-state index contributed by atoms with van der Waals surface area (Å²) in [5, 5.41) is 3.00. The number of aromatic nitrogens is 1. The zero-order chi connectivity index (χ0) is 24.2. The standard InChI is InChI=1S/C28H34N4O3/c33-26(30-19-20-6-5-14-29-18-20)22-11-15-31(16-12-22)27(34)23-8-2-3-9-24(23)28(35)32-17-13-21-7-1-4-10-25(21)32/h1,4-7,10,14,18,22-24H,2-3,8-9,11-13,15-17,19H2,(H,30,33). The zero-order valence-electron chi connectivity index (χ0n) is 20.2. The third-order valence-corrected chi connectivity index (χ3v) is 7.92. The molecule has 2 unspecified atom stereocenters. The molecule has 0 spiro atoms. The van der Waals surface area contributed by atoms with E-state index < -0.39 is 0 Å². The van der Waals surface area contributed by atoms with E-state index in [1.165, 1.54) is 5.56 Å². The molecule has 7 nitrogen and oxygen atoms in total. The Hall–Kier alpha value is -3.22. The van der Waals surface area contributed by atoms with E-state index in [-0.39, 0.29) is 35.5 Å². The number of likely N-dealkylation sites (tertiary alicyclic amines) is 1.